The number of benzene rings is 1. The molecule has 1 atom stereocenters. The Morgan fingerprint density at radius 2 is 1.58 bits per heavy atom. The maximum absolute atomic E-state index is 4.72. The van der Waals surface area contributed by atoms with Crippen LogP contribution in [-0.4, -0.2) is 51.6 Å². The lowest BCUT2D eigenvalue weighted by molar-refractivity contribution is 0.277. The number of hydrogen-bond acceptors (Lipinski definition) is 7. The van der Waals surface area contributed by atoms with Crippen LogP contribution in [0, 0.1) is 6.92 Å². The topological polar surface area (TPSA) is 78.0 Å². The normalized spacial score (nSPS) is 20.4. The van der Waals surface area contributed by atoms with Crippen molar-refractivity contribution in [2.45, 2.75) is 77.3 Å². The number of nitrogens with one attached hydrogen (secondary N) is 3. The highest BCUT2D eigenvalue weighted by Gasteiger charge is 2.23. The first-order chi connectivity index (χ1) is 15.2. The summed E-state index contributed by atoms with van der Waals surface area (Å²) in [6, 6.07) is 9.29. The third-order valence-electron chi connectivity index (χ3n) is 6.53. The molecule has 1 saturated carbocycles. The number of hydrogen-bond donors (Lipinski definition) is 3. The molecular formula is C24H37N7. The van der Waals surface area contributed by atoms with Gasteiger partial charge in [-0.25, -0.2) is 0 Å². The van der Waals surface area contributed by atoms with E-state index in [4.69, 9.17) is 9.97 Å². The Kier molecular flexibility index (Phi) is 7.57. The van der Waals surface area contributed by atoms with Gasteiger partial charge >= 0.3 is 0 Å². The number of anilines is 4. The highest BCUT2D eigenvalue weighted by atomic mass is 15.3. The molecule has 0 radical (unpaired) electrons. The van der Waals surface area contributed by atoms with E-state index in [0.717, 1.165) is 18.8 Å². The molecule has 0 spiro atoms. The van der Waals surface area contributed by atoms with E-state index >= 15 is 0 Å². The first-order valence-electron chi connectivity index (χ1n) is 12.0. The lowest BCUT2D eigenvalue weighted by Crippen LogP contribution is -2.35. The summed E-state index contributed by atoms with van der Waals surface area (Å²) in [7, 11) is 0. The summed E-state index contributed by atoms with van der Waals surface area (Å²) >= 11 is 0. The highest BCUT2D eigenvalue weighted by Crippen LogP contribution is 2.22. The van der Waals surface area contributed by atoms with Crippen LogP contribution in [0.4, 0.5) is 23.5 Å². The number of rotatable bonds is 8. The van der Waals surface area contributed by atoms with Crippen molar-refractivity contribution in [3.8, 4) is 0 Å². The zero-order valence-corrected chi connectivity index (χ0v) is 19.0. The second-order valence-electron chi connectivity index (χ2n) is 8.94. The van der Waals surface area contributed by atoms with Crippen LogP contribution in [-0.2, 0) is 0 Å². The molecule has 1 aromatic heterocycles. The number of nitrogens with zero attached hydrogens (tertiary/aromatic N) is 4. The first-order valence-corrected chi connectivity index (χ1v) is 12.0. The van der Waals surface area contributed by atoms with Gasteiger partial charge in [0.05, 0.1) is 0 Å². The molecule has 2 aliphatic rings. The van der Waals surface area contributed by atoms with E-state index in [9.17, 15) is 0 Å². The molecule has 4 rings (SSSR count). The van der Waals surface area contributed by atoms with E-state index in [2.05, 4.69) is 63.9 Å². The Morgan fingerprint density at radius 1 is 0.871 bits per heavy atom. The van der Waals surface area contributed by atoms with Gasteiger partial charge in [0.1, 0.15) is 0 Å². The second-order valence-corrected chi connectivity index (χ2v) is 8.94. The van der Waals surface area contributed by atoms with E-state index in [1.807, 2.05) is 0 Å². The van der Waals surface area contributed by atoms with Crippen LogP contribution in [0.15, 0.2) is 24.3 Å². The average molecular weight is 424 g/mol. The molecule has 31 heavy (non-hydrogen) atoms. The zero-order valence-electron chi connectivity index (χ0n) is 19.0. The molecule has 168 valence electrons. The Morgan fingerprint density at radius 3 is 2.32 bits per heavy atom. The Bertz CT molecular complexity index is 815. The van der Waals surface area contributed by atoms with Crippen LogP contribution < -0.4 is 16.0 Å². The van der Waals surface area contributed by atoms with Gasteiger partial charge in [-0.2, -0.15) is 15.0 Å². The van der Waals surface area contributed by atoms with Crippen molar-refractivity contribution in [2.24, 2.45) is 0 Å². The fourth-order valence-corrected chi connectivity index (χ4v) is 4.70. The van der Waals surface area contributed by atoms with Gasteiger partial charge < -0.3 is 16.0 Å². The van der Waals surface area contributed by atoms with E-state index in [-0.39, 0.29) is 0 Å². The SMILES string of the molecule is CCN1CCCC1CNc1nc(Nc2ccc(C)cc2)nc(NC2CCCCCC2)n1. The van der Waals surface area contributed by atoms with E-state index in [0.29, 0.717) is 29.9 Å². The number of likely N-dealkylation sites (tertiary alicyclic amines) is 1. The van der Waals surface area contributed by atoms with Crippen LogP contribution in [0.1, 0.15) is 63.9 Å². The van der Waals surface area contributed by atoms with Gasteiger partial charge in [-0.3, -0.25) is 4.90 Å². The number of aryl methyl sites for hydroxylation is 1. The Hall–Kier alpha value is -2.41. The van der Waals surface area contributed by atoms with Crippen LogP contribution in [0.25, 0.3) is 0 Å². The summed E-state index contributed by atoms with van der Waals surface area (Å²) in [5.74, 6) is 1.89. The lowest BCUT2D eigenvalue weighted by Gasteiger charge is -2.23. The highest BCUT2D eigenvalue weighted by molar-refractivity contribution is 5.56. The average Bonchev–Trinajstić information content (AvgIpc) is 3.08. The number of likely N-dealkylation sites (N-methyl/N-ethyl adjacent to an activating group) is 1. The molecule has 2 fully saturated rings. The first kappa shape index (κ1) is 21.8. The lowest BCUT2D eigenvalue weighted by atomic mass is 10.1. The largest absolute Gasteiger partial charge is 0.352 e. The molecule has 7 heteroatoms. The smallest absolute Gasteiger partial charge is 0.233 e. The van der Waals surface area contributed by atoms with Gasteiger partial charge in [-0.15, -0.1) is 0 Å². The van der Waals surface area contributed by atoms with Crippen molar-refractivity contribution in [3.05, 3.63) is 29.8 Å². The minimum absolute atomic E-state index is 0.440. The minimum atomic E-state index is 0.440. The van der Waals surface area contributed by atoms with Gasteiger partial charge in [-0.1, -0.05) is 50.3 Å². The van der Waals surface area contributed by atoms with Crippen molar-refractivity contribution in [1.29, 1.82) is 0 Å². The molecule has 1 saturated heterocycles. The fraction of sp³-hybridized carbons (Fsp3) is 0.625. The third kappa shape index (κ3) is 6.29. The molecule has 1 aliphatic carbocycles. The van der Waals surface area contributed by atoms with Crippen molar-refractivity contribution < 1.29 is 0 Å². The fourth-order valence-electron chi connectivity index (χ4n) is 4.70. The quantitative estimate of drug-likeness (QED) is 0.518. The van der Waals surface area contributed by atoms with E-state index < -0.39 is 0 Å². The molecular weight excluding hydrogens is 386 g/mol. The Balaban J connectivity index is 1.49. The molecule has 1 aliphatic heterocycles. The summed E-state index contributed by atoms with van der Waals surface area (Å²) in [4.78, 5) is 16.6. The molecule has 2 aromatic rings. The molecule has 1 aromatic carbocycles. The van der Waals surface area contributed by atoms with Gasteiger partial charge in [-0.05, 0) is 57.8 Å². The van der Waals surface area contributed by atoms with Crippen molar-refractivity contribution in [2.75, 3.05) is 35.6 Å². The van der Waals surface area contributed by atoms with Gasteiger partial charge in [0, 0.05) is 24.3 Å². The van der Waals surface area contributed by atoms with Gasteiger partial charge in [0.2, 0.25) is 17.8 Å². The van der Waals surface area contributed by atoms with Crippen molar-refractivity contribution >= 4 is 23.5 Å². The summed E-state index contributed by atoms with van der Waals surface area (Å²) in [6.45, 7) is 7.48. The van der Waals surface area contributed by atoms with Crippen molar-refractivity contribution in [1.82, 2.24) is 19.9 Å². The predicted octanol–water partition coefficient (Wildman–Crippen LogP) is 4.95. The third-order valence-corrected chi connectivity index (χ3v) is 6.53. The van der Waals surface area contributed by atoms with Crippen LogP contribution in [0.2, 0.25) is 0 Å². The molecule has 7 nitrogen and oxygen atoms in total. The summed E-state index contributed by atoms with van der Waals surface area (Å²) in [5.41, 5.74) is 2.22. The van der Waals surface area contributed by atoms with Gasteiger partial charge in [0.25, 0.3) is 0 Å². The number of aromatic nitrogens is 3. The van der Waals surface area contributed by atoms with Crippen LogP contribution in [0.3, 0.4) is 0 Å². The van der Waals surface area contributed by atoms with Gasteiger partial charge in [0.15, 0.2) is 0 Å². The molecule has 0 bridgehead atoms. The van der Waals surface area contributed by atoms with Crippen LogP contribution in [0.5, 0.6) is 0 Å². The monoisotopic (exact) mass is 423 g/mol. The predicted molar refractivity (Wildman–Crippen MR) is 128 cm³/mol. The standard InChI is InChI=1S/C24H37N7/c1-3-31-16-8-11-21(31)17-25-22-28-23(26-19-9-6-4-5-7-10-19)30-24(29-22)27-20-14-12-18(2)13-15-20/h12-15,19,21H,3-11,16-17H2,1-2H3,(H3,25,26,27,28,29,30). The summed E-state index contributed by atoms with van der Waals surface area (Å²) < 4.78 is 0. The summed E-state index contributed by atoms with van der Waals surface area (Å²) in [6.07, 6.45) is 10.1. The summed E-state index contributed by atoms with van der Waals surface area (Å²) in [5, 5.41) is 10.4. The molecule has 1 unspecified atom stereocenters. The minimum Gasteiger partial charge on any atom is -0.352 e. The molecule has 2 heterocycles. The van der Waals surface area contributed by atoms with E-state index in [1.54, 1.807) is 0 Å². The zero-order chi connectivity index (χ0) is 21.5. The van der Waals surface area contributed by atoms with E-state index in [1.165, 1.54) is 63.5 Å². The Labute approximate surface area is 186 Å². The van der Waals surface area contributed by atoms with Crippen LogP contribution >= 0.6 is 0 Å². The molecule has 0 amide bonds. The molecule has 3 N–H and O–H groups in total. The maximum Gasteiger partial charge on any atom is 0.233 e. The second kappa shape index (κ2) is 10.8. The van der Waals surface area contributed by atoms with Crippen molar-refractivity contribution in [3.63, 3.8) is 0 Å². The maximum atomic E-state index is 4.72.